The quantitative estimate of drug-likeness (QED) is 0.639. The molecule has 0 fully saturated rings. The van der Waals surface area contributed by atoms with Gasteiger partial charge in [-0.3, -0.25) is 5.41 Å². The molecular formula is C13H13BrClN3S. The summed E-state index contributed by atoms with van der Waals surface area (Å²) in [6, 6.07) is 7.51. The van der Waals surface area contributed by atoms with Crippen LogP contribution in [-0.2, 0) is 6.54 Å². The smallest absolute Gasteiger partial charge is 0.124 e. The van der Waals surface area contributed by atoms with E-state index >= 15 is 0 Å². The van der Waals surface area contributed by atoms with Crippen molar-refractivity contribution in [1.29, 1.82) is 5.41 Å². The zero-order valence-electron chi connectivity index (χ0n) is 10.3. The maximum Gasteiger partial charge on any atom is 0.124 e. The van der Waals surface area contributed by atoms with Crippen LogP contribution in [0.3, 0.4) is 0 Å². The van der Waals surface area contributed by atoms with Crippen LogP contribution in [0.25, 0.3) is 0 Å². The summed E-state index contributed by atoms with van der Waals surface area (Å²) in [5.74, 6) is 0.0247. The van der Waals surface area contributed by atoms with Gasteiger partial charge in [0.25, 0.3) is 0 Å². The Morgan fingerprint density at radius 3 is 2.79 bits per heavy atom. The molecule has 0 amide bonds. The first-order chi connectivity index (χ1) is 8.97. The van der Waals surface area contributed by atoms with Gasteiger partial charge in [-0.1, -0.05) is 11.6 Å². The Hall–Kier alpha value is -1.04. The Bertz CT molecular complexity index is 612. The highest BCUT2D eigenvalue weighted by atomic mass is 79.9. The van der Waals surface area contributed by atoms with E-state index in [1.807, 2.05) is 19.2 Å². The molecule has 0 aliphatic rings. The zero-order chi connectivity index (χ0) is 14.0. The highest BCUT2D eigenvalue weighted by molar-refractivity contribution is 9.10. The second kappa shape index (κ2) is 5.94. The highest BCUT2D eigenvalue weighted by Gasteiger charge is 2.11. The van der Waals surface area contributed by atoms with E-state index in [0.29, 0.717) is 10.6 Å². The minimum Gasteiger partial charge on any atom is -0.384 e. The number of hydrogen-bond acceptors (Lipinski definition) is 3. The summed E-state index contributed by atoms with van der Waals surface area (Å²) < 4.78 is 1.09. The van der Waals surface area contributed by atoms with Crippen LogP contribution in [0.2, 0.25) is 5.02 Å². The number of nitrogens with zero attached hydrogens (tertiary/aromatic N) is 1. The van der Waals surface area contributed by atoms with Crippen LogP contribution in [0.15, 0.2) is 34.1 Å². The molecule has 0 bridgehead atoms. The average Bonchev–Trinajstić information content (AvgIpc) is 2.74. The summed E-state index contributed by atoms with van der Waals surface area (Å²) in [5, 5.41) is 10.3. The molecule has 0 spiro atoms. The van der Waals surface area contributed by atoms with E-state index in [1.54, 1.807) is 17.4 Å². The van der Waals surface area contributed by atoms with E-state index < -0.39 is 0 Å². The number of amidine groups is 1. The van der Waals surface area contributed by atoms with Crippen molar-refractivity contribution in [3.8, 4) is 0 Å². The van der Waals surface area contributed by atoms with Crippen LogP contribution in [0.1, 0.15) is 10.4 Å². The van der Waals surface area contributed by atoms with Crippen molar-refractivity contribution in [2.45, 2.75) is 6.54 Å². The SMILES string of the molecule is CN(Cc1cc(Br)cs1)c1ccc(Cl)cc1C(=N)N. The van der Waals surface area contributed by atoms with Gasteiger partial charge in [-0.05, 0) is 40.2 Å². The second-order valence-corrected chi connectivity index (χ2v) is 6.51. The second-order valence-electron chi connectivity index (χ2n) is 4.16. The molecule has 0 saturated carbocycles. The lowest BCUT2D eigenvalue weighted by Gasteiger charge is -2.21. The summed E-state index contributed by atoms with van der Waals surface area (Å²) >= 11 is 11.1. The molecule has 100 valence electrons. The number of anilines is 1. The first-order valence-electron chi connectivity index (χ1n) is 5.55. The first kappa shape index (κ1) is 14.4. The molecule has 1 aromatic carbocycles. The molecule has 2 aromatic rings. The van der Waals surface area contributed by atoms with Crippen molar-refractivity contribution < 1.29 is 0 Å². The van der Waals surface area contributed by atoms with E-state index in [4.69, 9.17) is 22.7 Å². The zero-order valence-corrected chi connectivity index (χ0v) is 13.4. The van der Waals surface area contributed by atoms with E-state index in [2.05, 4.69) is 32.3 Å². The van der Waals surface area contributed by atoms with Crippen molar-refractivity contribution in [3.05, 3.63) is 49.6 Å². The van der Waals surface area contributed by atoms with Crippen LogP contribution >= 0.6 is 38.9 Å². The summed E-state index contributed by atoms with van der Waals surface area (Å²) in [6.07, 6.45) is 0. The van der Waals surface area contributed by atoms with Gasteiger partial charge in [0.05, 0.1) is 6.54 Å². The number of rotatable bonds is 4. The molecule has 0 atom stereocenters. The van der Waals surface area contributed by atoms with Crippen LogP contribution in [0.4, 0.5) is 5.69 Å². The summed E-state index contributed by atoms with van der Waals surface area (Å²) in [5.41, 5.74) is 7.17. The number of nitrogens with one attached hydrogen (secondary N) is 1. The van der Waals surface area contributed by atoms with Gasteiger partial charge in [0.2, 0.25) is 0 Å². The average molecular weight is 359 g/mol. The Morgan fingerprint density at radius 2 is 2.21 bits per heavy atom. The number of hydrogen-bond donors (Lipinski definition) is 2. The lowest BCUT2D eigenvalue weighted by molar-refractivity contribution is 0.938. The van der Waals surface area contributed by atoms with Crippen LogP contribution in [0.5, 0.6) is 0 Å². The van der Waals surface area contributed by atoms with E-state index in [1.165, 1.54) is 4.88 Å². The van der Waals surface area contributed by atoms with Crippen LogP contribution in [0, 0.1) is 5.41 Å². The molecule has 6 heteroatoms. The fraction of sp³-hybridized carbons (Fsp3) is 0.154. The van der Waals surface area contributed by atoms with Gasteiger partial charge in [-0.2, -0.15) is 0 Å². The molecule has 0 aliphatic heterocycles. The minimum atomic E-state index is 0.0247. The molecule has 1 heterocycles. The predicted octanol–water partition coefficient (Wildman–Crippen LogP) is 4.08. The maximum atomic E-state index is 7.64. The molecule has 1 aromatic heterocycles. The molecule has 0 unspecified atom stereocenters. The Balaban J connectivity index is 2.28. The van der Waals surface area contributed by atoms with Gasteiger partial charge in [0.1, 0.15) is 5.84 Å². The Kier molecular flexibility index (Phi) is 4.50. The third-order valence-corrected chi connectivity index (χ3v) is 4.59. The number of benzene rings is 1. The molecular weight excluding hydrogens is 346 g/mol. The van der Waals surface area contributed by atoms with Crippen molar-refractivity contribution >= 4 is 50.4 Å². The molecule has 19 heavy (non-hydrogen) atoms. The lowest BCUT2D eigenvalue weighted by atomic mass is 10.1. The molecule has 0 aliphatic carbocycles. The summed E-state index contributed by atoms with van der Waals surface area (Å²) in [7, 11) is 1.98. The fourth-order valence-electron chi connectivity index (χ4n) is 1.81. The molecule has 3 N–H and O–H groups in total. The van der Waals surface area contributed by atoms with Crippen molar-refractivity contribution in [2.75, 3.05) is 11.9 Å². The van der Waals surface area contributed by atoms with Crippen LogP contribution < -0.4 is 10.6 Å². The predicted molar refractivity (Wildman–Crippen MR) is 86.6 cm³/mol. The van der Waals surface area contributed by atoms with Gasteiger partial charge in [-0.15, -0.1) is 11.3 Å². The van der Waals surface area contributed by atoms with Gasteiger partial charge < -0.3 is 10.6 Å². The third-order valence-electron chi connectivity index (χ3n) is 2.67. The monoisotopic (exact) mass is 357 g/mol. The number of halogens is 2. The minimum absolute atomic E-state index is 0.0247. The lowest BCUT2D eigenvalue weighted by Crippen LogP contribution is -2.21. The normalized spacial score (nSPS) is 10.5. The van der Waals surface area contributed by atoms with Crippen LogP contribution in [-0.4, -0.2) is 12.9 Å². The molecule has 0 saturated heterocycles. The van der Waals surface area contributed by atoms with Crippen molar-refractivity contribution in [3.63, 3.8) is 0 Å². The molecule has 0 radical (unpaired) electrons. The summed E-state index contributed by atoms with van der Waals surface area (Å²) in [4.78, 5) is 3.30. The van der Waals surface area contributed by atoms with Gasteiger partial charge in [0.15, 0.2) is 0 Å². The van der Waals surface area contributed by atoms with E-state index in [9.17, 15) is 0 Å². The van der Waals surface area contributed by atoms with E-state index in [0.717, 1.165) is 16.7 Å². The van der Waals surface area contributed by atoms with E-state index in [-0.39, 0.29) is 5.84 Å². The highest BCUT2D eigenvalue weighted by Crippen LogP contribution is 2.27. The van der Waals surface area contributed by atoms with Gasteiger partial charge >= 0.3 is 0 Å². The number of thiophene rings is 1. The van der Waals surface area contributed by atoms with Gasteiger partial charge in [0, 0.05) is 38.1 Å². The van der Waals surface area contributed by atoms with Gasteiger partial charge in [-0.25, -0.2) is 0 Å². The first-order valence-corrected chi connectivity index (χ1v) is 7.60. The number of nitrogen functional groups attached to an aromatic ring is 1. The Morgan fingerprint density at radius 1 is 1.47 bits per heavy atom. The third kappa shape index (κ3) is 3.49. The largest absolute Gasteiger partial charge is 0.384 e. The van der Waals surface area contributed by atoms with Crippen molar-refractivity contribution in [1.82, 2.24) is 0 Å². The molecule has 3 nitrogen and oxygen atoms in total. The standard InChI is InChI=1S/C13H13BrClN3S/c1-18(6-10-4-8(14)7-19-10)12-3-2-9(15)5-11(12)13(16)17/h2-5,7H,6H2,1H3,(H3,16,17). The van der Waals surface area contributed by atoms with Crippen molar-refractivity contribution in [2.24, 2.45) is 5.73 Å². The maximum absolute atomic E-state index is 7.64. The molecule has 2 rings (SSSR count). The fourth-order valence-corrected chi connectivity index (χ4v) is 3.49. The summed E-state index contributed by atoms with van der Waals surface area (Å²) in [6.45, 7) is 0.762. The Labute approximate surface area is 129 Å². The topological polar surface area (TPSA) is 53.1 Å². The number of nitrogens with two attached hydrogens (primary N) is 1.